The van der Waals surface area contributed by atoms with Crippen LogP contribution in [0.25, 0.3) is 10.8 Å². The first-order valence-corrected chi connectivity index (χ1v) is 12.3. The Morgan fingerprint density at radius 1 is 1.18 bits per heavy atom. The number of nitrogens with zero attached hydrogens (tertiary/aromatic N) is 3. The van der Waals surface area contributed by atoms with Crippen molar-refractivity contribution in [3.05, 3.63) is 71.0 Å². The second-order valence-electron chi connectivity index (χ2n) is 9.86. The van der Waals surface area contributed by atoms with Crippen LogP contribution in [0.5, 0.6) is 0 Å². The topological polar surface area (TPSA) is 65.5 Å². The van der Waals surface area contributed by atoms with E-state index in [1.165, 1.54) is 12.8 Å². The number of hydrogen-bond acceptors (Lipinski definition) is 4. The zero-order valence-corrected chi connectivity index (χ0v) is 19.7. The average Bonchev–Trinajstić information content (AvgIpc) is 3.62. The van der Waals surface area contributed by atoms with Crippen molar-refractivity contribution in [3.63, 3.8) is 0 Å². The van der Waals surface area contributed by atoms with Crippen LogP contribution in [0, 0.1) is 5.92 Å². The Labute approximate surface area is 203 Å². The van der Waals surface area contributed by atoms with E-state index >= 15 is 0 Å². The van der Waals surface area contributed by atoms with E-state index in [4.69, 9.17) is 11.6 Å². The van der Waals surface area contributed by atoms with Gasteiger partial charge in [-0.05, 0) is 48.4 Å². The lowest BCUT2D eigenvalue weighted by Gasteiger charge is -2.40. The molecule has 2 aromatic carbocycles. The number of fused-ring (bicyclic) bond motifs is 3. The Morgan fingerprint density at radius 3 is 2.88 bits per heavy atom. The van der Waals surface area contributed by atoms with Gasteiger partial charge in [-0.25, -0.2) is 0 Å². The van der Waals surface area contributed by atoms with E-state index < -0.39 is 5.41 Å². The third-order valence-electron chi connectivity index (χ3n) is 7.48. The highest BCUT2D eigenvalue weighted by Gasteiger charge is 2.52. The molecular formula is C27H27ClN4O2. The largest absolute Gasteiger partial charge is 0.355 e. The zero-order chi connectivity index (χ0) is 23.3. The molecule has 0 radical (unpaired) electrons. The van der Waals surface area contributed by atoms with Gasteiger partial charge in [-0.2, -0.15) is 0 Å². The summed E-state index contributed by atoms with van der Waals surface area (Å²) in [4.78, 5) is 35.2. The molecule has 3 aromatic rings. The number of rotatable bonds is 5. The maximum atomic E-state index is 14.2. The highest BCUT2D eigenvalue weighted by atomic mass is 35.5. The van der Waals surface area contributed by atoms with Crippen LogP contribution in [-0.2, 0) is 21.5 Å². The standard InChI is InChI=1S/C27H27ClN4O2/c28-21-8-7-20-15-31(16-25(33)30-12-18-5-6-18)17-27(23(20)11-21)9-10-32(26(27)34)24-14-29-13-19-3-1-2-4-22(19)24/h1-4,7-8,11,13-14,18H,5-6,9-10,12,15-17H2,(H,30,33)/t27-/m1/s1. The number of benzene rings is 2. The molecule has 1 saturated heterocycles. The lowest BCUT2D eigenvalue weighted by Crippen LogP contribution is -2.52. The van der Waals surface area contributed by atoms with E-state index in [9.17, 15) is 9.59 Å². The SMILES string of the molecule is O=C(CN1Cc2ccc(Cl)cc2[C@@]2(CCN(c3cncc4ccccc34)C2=O)C1)NCC1CC1. The Bertz CT molecular complexity index is 1290. The van der Waals surface area contributed by atoms with Crippen LogP contribution in [0.1, 0.15) is 30.4 Å². The summed E-state index contributed by atoms with van der Waals surface area (Å²) in [5, 5.41) is 5.72. The molecule has 6 nitrogen and oxygen atoms in total. The molecule has 1 spiro atoms. The van der Waals surface area contributed by atoms with Gasteiger partial charge in [0.2, 0.25) is 11.8 Å². The van der Waals surface area contributed by atoms with Gasteiger partial charge < -0.3 is 10.2 Å². The summed E-state index contributed by atoms with van der Waals surface area (Å²) < 4.78 is 0. The lowest BCUT2D eigenvalue weighted by molar-refractivity contribution is -0.126. The van der Waals surface area contributed by atoms with Crippen molar-refractivity contribution in [3.8, 4) is 0 Å². The summed E-state index contributed by atoms with van der Waals surface area (Å²) in [6.45, 7) is 2.78. The molecule has 1 N–H and O–H groups in total. The fourth-order valence-electron chi connectivity index (χ4n) is 5.56. The van der Waals surface area contributed by atoms with E-state index in [0.717, 1.165) is 34.1 Å². The highest BCUT2D eigenvalue weighted by molar-refractivity contribution is 6.30. The van der Waals surface area contributed by atoms with Crippen molar-refractivity contribution >= 4 is 39.9 Å². The number of carbonyl (C=O) groups excluding carboxylic acids is 2. The van der Waals surface area contributed by atoms with Gasteiger partial charge in [0.05, 0.1) is 23.8 Å². The number of carbonyl (C=O) groups is 2. The van der Waals surface area contributed by atoms with E-state index in [0.29, 0.717) is 43.5 Å². The van der Waals surface area contributed by atoms with Crippen molar-refractivity contribution in [1.29, 1.82) is 0 Å². The molecule has 1 aliphatic carbocycles. The third-order valence-corrected chi connectivity index (χ3v) is 7.72. The van der Waals surface area contributed by atoms with Crippen LogP contribution in [-0.4, -0.2) is 47.9 Å². The van der Waals surface area contributed by atoms with Crippen molar-refractivity contribution in [1.82, 2.24) is 15.2 Å². The number of aromatic nitrogens is 1. The molecule has 1 atom stereocenters. The molecule has 2 aliphatic heterocycles. The fraction of sp³-hybridized carbons (Fsp3) is 0.370. The van der Waals surface area contributed by atoms with Crippen molar-refractivity contribution in [2.24, 2.45) is 5.92 Å². The van der Waals surface area contributed by atoms with Crippen molar-refractivity contribution in [2.75, 3.05) is 31.1 Å². The van der Waals surface area contributed by atoms with Crippen LogP contribution in [0.3, 0.4) is 0 Å². The monoisotopic (exact) mass is 474 g/mol. The Kier molecular flexibility index (Phi) is 5.30. The fourth-order valence-corrected chi connectivity index (χ4v) is 5.73. The molecule has 1 aromatic heterocycles. The van der Waals surface area contributed by atoms with E-state index in [2.05, 4.69) is 15.2 Å². The zero-order valence-electron chi connectivity index (χ0n) is 19.0. The molecule has 7 heteroatoms. The number of nitrogens with one attached hydrogen (secondary N) is 1. The van der Waals surface area contributed by atoms with Crippen LogP contribution in [0.2, 0.25) is 5.02 Å². The number of anilines is 1. The highest BCUT2D eigenvalue weighted by Crippen LogP contribution is 2.45. The van der Waals surface area contributed by atoms with Gasteiger partial charge in [0, 0.05) is 48.2 Å². The number of halogens is 1. The summed E-state index contributed by atoms with van der Waals surface area (Å²) in [5.74, 6) is 0.719. The van der Waals surface area contributed by atoms with Gasteiger partial charge in [0.1, 0.15) is 0 Å². The van der Waals surface area contributed by atoms with Crippen LogP contribution < -0.4 is 10.2 Å². The molecule has 3 heterocycles. The molecule has 0 unspecified atom stereocenters. The third kappa shape index (κ3) is 3.75. The van der Waals surface area contributed by atoms with Gasteiger partial charge in [-0.3, -0.25) is 19.5 Å². The second-order valence-corrected chi connectivity index (χ2v) is 10.3. The predicted octanol–water partition coefficient (Wildman–Crippen LogP) is 3.90. The minimum Gasteiger partial charge on any atom is -0.355 e. The molecule has 174 valence electrons. The minimum atomic E-state index is -0.730. The van der Waals surface area contributed by atoms with Crippen molar-refractivity contribution in [2.45, 2.75) is 31.2 Å². The van der Waals surface area contributed by atoms with E-state index in [-0.39, 0.29) is 11.8 Å². The maximum Gasteiger partial charge on any atom is 0.239 e. The quantitative estimate of drug-likeness (QED) is 0.609. The summed E-state index contributed by atoms with van der Waals surface area (Å²) >= 11 is 6.40. The number of hydrogen-bond donors (Lipinski definition) is 1. The smallest absolute Gasteiger partial charge is 0.239 e. The molecule has 0 bridgehead atoms. The van der Waals surface area contributed by atoms with Crippen LogP contribution in [0.15, 0.2) is 54.9 Å². The van der Waals surface area contributed by atoms with Gasteiger partial charge in [0.15, 0.2) is 0 Å². The molecule has 34 heavy (non-hydrogen) atoms. The van der Waals surface area contributed by atoms with E-state index in [1.807, 2.05) is 53.6 Å². The summed E-state index contributed by atoms with van der Waals surface area (Å²) in [7, 11) is 0. The molecule has 2 amide bonds. The molecule has 3 aliphatic rings. The van der Waals surface area contributed by atoms with Gasteiger partial charge in [-0.1, -0.05) is 41.9 Å². The molecule has 6 rings (SSSR count). The first kappa shape index (κ1) is 21.6. The maximum absolute atomic E-state index is 14.2. The van der Waals surface area contributed by atoms with Gasteiger partial charge in [0.25, 0.3) is 0 Å². The number of amides is 2. The van der Waals surface area contributed by atoms with E-state index in [1.54, 1.807) is 6.20 Å². The first-order chi connectivity index (χ1) is 16.5. The molecule has 1 saturated carbocycles. The molecule has 2 fully saturated rings. The van der Waals surface area contributed by atoms with Crippen LogP contribution in [0.4, 0.5) is 5.69 Å². The Hall–Kier alpha value is -2.96. The number of pyridine rings is 1. The Balaban J connectivity index is 1.34. The Morgan fingerprint density at radius 2 is 2.03 bits per heavy atom. The predicted molar refractivity (Wildman–Crippen MR) is 133 cm³/mol. The molecular weight excluding hydrogens is 448 g/mol. The summed E-state index contributed by atoms with van der Waals surface area (Å²) in [6.07, 6.45) is 6.68. The lowest BCUT2D eigenvalue weighted by atomic mass is 9.73. The summed E-state index contributed by atoms with van der Waals surface area (Å²) in [6, 6.07) is 13.8. The van der Waals surface area contributed by atoms with Crippen LogP contribution >= 0.6 is 11.6 Å². The van der Waals surface area contributed by atoms with Crippen molar-refractivity contribution < 1.29 is 9.59 Å². The normalized spacial score (nSPS) is 22.4. The average molecular weight is 475 g/mol. The second kappa shape index (κ2) is 8.36. The van der Waals surface area contributed by atoms with Gasteiger partial charge in [-0.15, -0.1) is 0 Å². The first-order valence-electron chi connectivity index (χ1n) is 12.0. The summed E-state index contributed by atoms with van der Waals surface area (Å²) in [5.41, 5.74) is 2.17. The minimum absolute atomic E-state index is 0.0278. The van der Waals surface area contributed by atoms with Gasteiger partial charge >= 0.3 is 0 Å².